The second kappa shape index (κ2) is 4.24. The number of imide groups is 1. The predicted octanol–water partition coefficient (Wildman–Crippen LogP) is 2.79. The topological polar surface area (TPSA) is 59.1 Å². The van der Waals surface area contributed by atoms with E-state index in [1.54, 1.807) is 12.1 Å². The van der Waals surface area contributed by atoms with Crippen LogP contribution in [0.1, 0.15) is 20.7 Å². The molecular formula is C17H10N2O2. The summed E-state index contributed by atoms with van der Waals surface area (Å²) in [5.41, 5.74) is 3.05. The Bertz CT molecular complexity index is 916. The van der Waals surface area contributed by atoms with Crippen molar-refractivity contribution in [1.82, 2.24) is 10.3 Å². The summed E-state index contributed by atoms with van der Waals surface area (Å²) < 4.78 is 0. The number of benzene rings is 2. The Morgan fingerprint density at radius 1 is 0.762 bits per heavy atom. The lowest BCUT2D eigenvalue weighted by molar-refractivity contribution is 0.0880. The van der Waals surface area contributed by atoms with E-state index in [4.69, 9.17) is 0 Å². The van der Waals surface area contributed by atoms with Crippen LogP contribution < -0.4 is 5.32 Å². The van der Waals surface area contributed by atoms with Gasteiger partial charge in [-0.05, 0) is 18.2 Å². The molecule has 21 heavy (non-hydrogen) atoms. The van der Waals surface area contributed by atoms with Crippen LogP contribution in [-0.2, 0) is 0 Å². The average molecular weight is 274 g/mol. The van der Waals surface area contributed by atoms with Gasteiger partial charge in [0, 0.05) is 10.9 Å². The summed E-state index contributed by atoms with van der Waals surface area (Å²) in [5, 5.41) is 3.36. The van der Waals surface area contributed by atoms with Crippen molar-refractivity contribution in [3.63, 3.8) is 0 Å². The van der Waals surface area contributed by atoms with E-state index in [0.29, 0.717) is 22.4 Å². The second-order valence-corrected chi connectivity index (χ2v) is 4.90. The quantitative estimate of drug-likeness (QED) is 0.694. The number of fused-ring (bicyclic) bond motifs is 2. The number of nitrogens with one attached hydrogen (secondary N) is 1. The molecule has 0 unspecified atom stereocenters. The van der Waals surface area contributed by atoms with Gasteiger partial charge in [-0.25, -0.2) is 4.98 Å². The molecule has 3 aromatic rings. The molecule has 0 fully saturated rings. The van der Waals surface area contributed by atoms with Gasteiger partial charge < -0.3 is 0 Å². The molecule has 2 heterocycles. The molecule has 1 aliphatic rings. The molecule has 0 bridgehead atoms. The molecule has 4 rings (SSSR count). The van der Waals surface area contributed by atoms with Crippen molar-refractivity contribution in [2.24, 2.45) is 0 Å². The van der Waals surface area contributed by atoms with Gasteiger partial charge in [-0.1, -0.05) is 36.4 Å². The summed E-state index contributed by atoms with van der Waals surface area (Å²) in [6.07, 6.45) is 0. The molecule has 2 amide bonds. The minimum atomic E-state index is -0.361. The molecule has 100 valence electrons. The molecule has 0 radical (unpaired) electrons. The summed E-state index contributed by atoms with van der Waals surface area (Å²) in [6, 6.07) is 16.9. The molecule has 0 spiro atoms. The molecule has 2 aromatic carbocycles. The SMILES string of the molecule is O=C1NC(=O)c2c1cccc2-c1ccc2ccccc2n1. The first-order valence-corrected chi connectivity index (χ1v) is 6.59. The maximum atomic E-state index is 12.0. The number of carbonyl (C=O) groups is 2. The smallest absolute Gasteiger partial charge is 0.259 e. The minimum absolute atomic E-state index is 0.349. The van der Waals surface area contributed by atoms with Crippen molar-refractivity contribution in [2.45, 2.75) is 0 Å². The molecule has 1 aromatic heterocycles. The van der Waals surface area contributed by atoms with Crippen LogP contribution in [0.25, 0.3) is 22.2 Å². The zero-order chi connectivity index (χ0) is 14.4. The van der Waals surface area contributed by atoms with Gasteiger partial charge in [0.2, 0.25) is 0 Å². The highest BCUT2D eigenvalue weighted by molar-refractivity contribution is 6.24. The van der Waals surface area contributed by atoms with E-state index in [0.717, 1.165) is 10.9 Å². The van der Waals surface area contributed by atoms with Crippen LogP contribution in [-0.4, -0.2) is 16.8 Å². The Morgan fingerprint density at radius 3 is 2.48 bits per heavy atom. The van der Waals surface area contributed by atoms with E-state index in [1.807, 2.05) is 42.5 Å². The highest BCUT2D eigenvalue weighted by atomic mass is 16.2. The van der Waals surface area contributed by atoms with Gasteiger partial charge >= 0.3 is 0 Å². The first kappa shape index (κ1) is 11.8. The third-order valence-corrected chi connectivity index (χ3v) is 3.64. The van der Waals surface area contributed by atoms with Crippen LogP contribution in [0.5, 0.6) is 0 Å². The number of para-hydroxylation sites is 1. The Hall–Kier alpha value is -3.01. The average Bonchev–Trinajstić information content (AvgIpc) is 2.82. The standard InChI is InChI=1S/C17H10N2O2/c20-16-12-6-3-5-11(15(12)17(21)19-16)14-9-8-10-4-1-2-7-13(10)18-14/h1-9H,(H,19,20,21). The molecule has 1 N–H and O–H groups in total. The number of amides is 2. The third kappa shape index (κ3) is 1.73. The van der Waals surface area contributed by atoms with Crippen LogP contribution in [0.3, 0.4) is 0 Å². The highest BCUT2D eigenvalue weighted by Gasteiger charge is 2.29. The molecule has 0 saturated carbocycles. The van der Waals surface area contributed by atoms with Crippen LogP contribution in [0.15, 0.2) is 54.6 Å². The molecular weight excluding hydrogens is 264 g/mol. The predicted molar refractivity (Wildman–Crippen MR) is 79.0 cm³/mol. The van der Waals surface area contributed by atoms with Crippen molar-refractivity contribution < 1.29 is 9.59 Å². The monoisotopic (exact) mass is 274 g/mol. The van der Waals surface area contributed by atoms with E-state index in [1.165, 1.54) is 0 Å². The molecule has 4 nitrogen and oxygen atoms in total. The highest BCUT2D eigenvalue weighted by Crippen LogP contribution is 2.29. The van der Waals surface area contributed by atoms with Gasteiger partial charge in [-0.3, -0.25) is 14.9 Å². The van der Waals surface area contributed by atoms with Crippen LogP contribution in [0.4, 0.5) is 0 Å². The van der Waals surface area contributed by atoms with E-state index >= 15 is 0 Å². The minimum Gasteiger partial charge on any atom is -0.288 e. The van der Waals surface area contributed by atoms with Gasteiger partial charge in [0.1, 0.15) is 0 Å². The van der Waals surface area contributed by atoms with Gasteiger partial charge in [0.15, 0.2) is 0 Å². The molecule has 0 saturated heterocycles. The number of aromatic nitrogens is 1. The summed E-state index contributed by atoms with van der Waals surface area (Å²) in [7, 11) is 0. The fraction of sp³-hybridized carbons (Fsp3) is 0. The van der Waals surface area contributed by atoms with Gasteiger partial charge in [0.05, 0.1) is 22.3 Å². The number of hydrogen-bond donors (Lipinski definition) is 1. The zero-order valence-corrected chi connectivity index (χ0v) is 11.0. The van der Waals surface area contributed by atoms with Gasteiger partial charge in [0.25, 0.3) is 11.8 Å². The Morgan fingerprint density at radius 2 is 1.57 bits per heavy atom. The largest absolute Gasteiger partial charge is 0.288 e. The molecule has 0 atom stereocenters. The summed E-state index contributed by atoms with van der Waals surface area (Å²) >= 11 is 0. The number of carbonyl (C=O) groups excluding carboxylic acids is 2. The lowest BCUT2D eigenvalue weighted by Crippen LogP contribution is -2.20. The first-order valence-electron chi connectivity index (χ1n) is 6.59. The molecule has 0 aliphatic carbocycles. The van der Waals surface area contributed by atoms with E-state index < -0.39 is 0 Å². The maximum Gasteiger partial charge on any atom is 0.259 e. The third-order valence-electron chi connectivity index (χ3n) is 3.64. The van der Waals surface area contributed by atoms with Crippen LogP contribution >= 0.6 is 0 Å². The fourth-order valence-electron chi connectivity index (χ4n) is 2.65. The van der Waals surface area contributed by atoms with Crippen molar-refractivity contribution in [1.29, 1.82) is 0 Å². The van der Waals surface area contributed by atoms with E-state index in [9.17, 15) is 9.59 Å². The number of nitrogens with zero attached hydrogens (tertiary/aromatic N) is 1. The summed E-state index contributed by atoms with van der Waals surface area (Å²) in [5.74, 6) is -0.710. The fourth-order valence-corrected chi connectivity index (χ4v) is 2.65. The van der Waals surface area contributed by atoms with Crippen LogP contribution in [0, 0.1) is 0 Å². The van der Waals surface area contributed by atoms with Crippen molar-refractivity contribution >= 4 is 22.7 Å². The molecule has 4 heteroatoms. The first-order chi connectivity index (χ1) is 10.2. The molecule has 1 aliphatic heterocycles. The zero-order valence-electron chi connectivity index (χ0n) is 11.0. The second-order valence-electron chi connectivity index (χ2n) is 4.90. The van der Waals surface area contributed by atoms with Crippen molar-refractivity contribution in [2.75, 3.05) is 0 Å². The van der Waals surface area contributed by atoms with Crippen LogP contribution in [0.2, 0.25) is 0 Å². The lowest BCUT2D eigenvalue weighted by atomic mass is 9.99. The number of pyridine rings is 1. The Kier molecular flexibility index (Phi) is 2.38. The Labute approximate surface area is 120 Å². The summed E-state index contributed by atoms with van der Waals surface area (Å²) in [4.78, 5) is 28.3. The van der Waals surface area contributed by atoms with Gasteiger partial charge in [-0.15, -0.1) is 0 Å². The van der Waals surface area contributed by atoms with E-state index in [2.05, 4.69) is 10.3 Å². The number of rotatable bonds is 1. The summed E-state index contributed by atoms with van der Waals surface area (Å²) in [6.45, 7) is 0. The van der Waals surface area contributed by atoms with E-state index in [-0.39, 0.29) is 11.8 Å². The van der Waals surface area contributed by atoms with Gasteiger partial charge in [-0.2, -0.15) is 0 Å². The maximum absolute atomic E-state index is 12.0. The number of hydrogen-bond acceptors (Lipinski definition) is 3. The Balaban J connectivity index is 1.98. The van der Waals surface area contributed by atoms with Crippen molar-refractivity contribution in [3.05, 3.63) is 65.7 Å². The lowest BCUT2D eigenvalue weighted by Gasteiger charge is -2.06. The van der Waals surface area contributed by atoms with Crippen molar-refractivity contribution in [3.8, 4) is 11.3 Å². The normalized spacial score (nSPS) is 13.3.